The van der Waals surface area contributed by atoms with Gasteiger partial charge in [-0.05, 0) is 6.42 Å². The summed E-state index contributed by atoms with van der Waals surface area (Å²) in [7, 11) is 0. The van der Waals surface area contributed by atoms with Crippen LogP contribution in [0.1, 0.15) is 110 Å². The standard InChI is InChI=1S/C12H24O2.C6H12.H3N/c1-2-3-4-5-6-7-8-9-10-11-12(13)14;1-2-4-6-5-3-1;/h2-11H2,1H3,(H,13,14);1-6H2;1H3. The van der Waals surface area contributed by atoms with Gasteiger partial charge in [0.05, 0.1) is 0 Å². The predicted molar refractivity (Wildman–Crippen MR) is 92.2 cm³/mol. The summed E-state index contributed by atoms with van der Waals surface area (Å²) in [6.07, 6.45) is 20.5. The monoisotopic (exact) mass is 301 g/mol. The quantitative estimate of drug-likeness (QED) is 0.453. The van der Waals surface area contributed by atoms with Crippen molar-refractivity contribution in [2.24, 2.45) is 0 Å². The Hall–Kier alpha value is -0.570. The maximum absolute atomic E-state index is 10.2. The zero-order valence-electron chi connectivity index (χ0n) is 14.4. The summed E-state index contributed by atoms with van der Waals surface area (Å²) < 4.78 is 0. The Morgan fingerprint density at radius 3 is 1.38 bits per heavy atom. The summed E-state index contributed by atoms with van der Waals surface area (Å²) >= 11 is 0. The van der Waals surface area contributed by atoms with E-state index in [9.17, 15) is 4.79 Å². The molecule has 0 aromatic rings. The van der Waals surface area contributed by atoms with E-state index in [-0.39, 0.29) is 6.15 Å². The maximum atomic E-state index is 10.2. The molecule has 0 aromatic heterocycles. The van der Waals surface area contributed by atoms with E-state index in [0.717, 1.165) is 12.8 Å². The van der Waals surface area contributed by atoms with Gasteiger partial charge in [0, 0.05) is 6.42 Å². The molecule has 4 N–H and O–H groups in total. The summed E-state index contributed by atoms with van der Waals surface area (Å²) in [5.41, 5.74) is 0. The largest absolute Gasteiger partial charge is 0.481 e. The van der Waals surface area contributed by atoms with Crippen molar-refractivity contribution >= 4 is 5.97 Å². The highest BCUT2D eigenvalue weighted by molar-refractivity contribution is 5.66. The minimum Gasteiger partial charge on any atom is -0.481 e. The second-order valence-corrected chi connectivity index (χ2v) is 6.09. The molecule has 1 fully saturated rings. The van der Waals surface area contributed by atoms with Crippen LogP contribution in [-0.2, 0) is 4.79 Å². The van der Waals surface area contributed by atoms with Crippen LogP contribution in [0.2, 0.25) is 0 Å². The lowest BCUT2D eigenvalue weighted by atomic mass is 10.0. The molecular weight excluding hydrogens is 262 g/mol. The molecule has 0 aliphatic heterocycles. The molecule has 0 atom stereocenters. The van der Waals surface area contributed by atoms with E-state index in [4.69, 9.17) is 5.11 Å². The Kier molecular flexibility index (Phi) is 21.0. The summed E-state index contributed by atoms with van der Waals surface area (Å²) in [5.74, 6) is -0.659. The highest BCUT2D eigenvalue weighted by Crippen LogP contribution is 2.15. The first-order valence-corrected chi connectivity index (χ1v) is 8.99. The first-order valence-electron chi connectivity index (χ1n) is 8.99. The van der Waals surface area contributed by atoms with E-state index in [1.807, 2.05) is 0 Å². The lowest BCUT2D eigenvalue weighted by molar-refractivity contribution is -0.137. The molecule has 0 heterocycles. The third kappa shape index (κ3) is 21.9. The molecule has 1 saturated carbocycles. The van der Waals surface area contributed by atoms with Crippen molar-refractivity contribution in [1.82, 2.24) is 6.15 Å². The van der Waals surface area contributed by atoms with E-state index in [1.54, 1.807) is 0 Å². The van der Waals surface area contributed by atoms with Crippen LogP contribution >= 0.6 is 0 Å². The lowest BCUT2D eigenvalue weighted by Crippen LogP contribution is -1.93. The van der Waals surface area contributed by atoms with Gasteiger partial charge in [0.1, 0.15) is 0 Å². The number of carbonyl (C=O) groups is 1. The topological polar surface area (TPSA) is 72.3 Å². The molecule has 128 valence electrons. The molecule has 0 unspecified atom stereocenters. The normalized spacial score (nSPS) is 13.8. The second kappa shape index (κ2) is 19.4. The van der Waals surface area contributed by atoms with Gasteiger partial charge < -0.3 is 11.3 Å². The van der Waals surface area contributed by atoms with Crippen molar-refractivity contribution in [2.45, 2.75) is 110 Å². The molecule has 0 saturated heterocycles. The van der Waals surface area contributed by atoms with Crippen LogP contribution in [0.15, 0.2) is 0 Å². The van der Waals surface area contributed by atoms with E-state index in [2.05, 4.69) is 6.92 Å². The molecule has 1 rings (SSSR count). The van der Waals surface area contributed by atoms with E-state index >= 15 is 0 Å². The van der Waals surface area contributed by atoms with Crippen LogP contribution in [0.3, 0.4) is 0 Å². The lowest BCUT2D eigenvalue weighted by Gasteiger charge is -2.05. The van der Waals surface area contributed by atoms with Crippen LogP contribution < -0.4 is 6.15 Å². The van der Waals surface area contributed by atoms with Gasteiger partial charge in [-0.1, -0.05) is 96.8 Å². The molecule has 0 aromatic carbocycles. The first kappa shape index (κ1) is 22.7. The molecule has 3 nitrogen and oxygen atoms in total. The van der Waals surface area contributed by atoms with Gasteiger partial charge in [-0.3, -0.25) is 4.79 Å². The predicted octanol–water partition coefficient (Wildman–Crippen LogP) is 6.49. The molecule has 0 amide bonds. The minimum atomic E-state index is -0.659. The number of rotatable bonds is 10. The summed E-state index contributed by atoms with van der Waals surface area (Å²) in [4.78, 5) is 10.2. The fourth-order valence-electron chi connectivity index (χ4n) is 2.65. The third-order valence-electron chi connectivity index (χ3n) is 3.99. The minimum absolute atomic E-state index is 0. The Morgan fingerprint density at radius 2 is 1.05 bits per heavy atom. The maximum Gasteiger partial charge on any atom is 0.303 e. The number of carboxylic acid groups (broad SMARTS) is 1. The summed E-state index contributed by atoms with van der Waals surface area (Å²) in [6, 6.07) is 0. The molecular formula is C18H39NO2. The van der Waals surface area contributed by atoms with Gasteiger partial charge in [-0.2, -0.15) is 0 Å². The average Bonchev–Trinajstić information content (AvgIpc) is 2.48. The Balaban J connectivity index is 0. The van der Waals surface area contributed by atoms with E-state index in [0.29, 0.717) is 6.42 Å². The van der Waals surface area contributed by atoms with Crippen molar-refractivity contribution in [3.63, 3.8) is 0 Å². The van der Waals surface area contributed by atoms with Crippen molar-refractivity contribution < 1.29 is 9.90 Å². The smallest absolute Gasteiger partial charge is 0.303 e. The van der Waals surface area contributed by atoms with Crippen molar-refractivity contribution in [1.29, 1.82) is 0 Å². The van der Waals surface area contributed by atoms with E-state index in [1.165, 1.54) is 83.5 Å². The SMILES string of the molecule is C1CCCCC1.CCCCCCCCCCCC(=O)O.N. The molecule has 21 heavy (non-hydrogen) atoms. The van der Waals surface area contributed by atoms with Gasteiger partial charge in [0.15, 0.2) is 0 Å². The van der Waals surface area contributed by atoms with Crippen LogP contribution in [0.4, 0.5) is 0 Å². The average molecular weight is 302 g/mol. The molecule has 3 heteroatoms. The Labute approximate surface area is 132 Å². The van der Waals surface area contributed by atoms with Crippen molar-refractivity contribution in [3.05, 3.63) is 0 Å². The molecule has 1 aliphatic carbocycles. The van der Waals surface area contributed by atoms with E-state index < -0.39 is 5.97 Å². The highest BCUT2D eigenvalue weighted by atomic mass is 16.4. The highest BCUT2D eigenvalue weighted by Gasteiger charge is 1.96. The van der Waals surface area contributed by atoms with Crippen LogP contribution in [0, 0.1) is 0 Å². The van der Waals surface area contributed by atoms with Crippen LogP contribution in [0.25, 0.3) is 0 Å². The van der Waals surface area contributed by atoms with Crippen molar-refractivity contribution in [3.8, 4) is 0 Å². The van der Waals surface area contributed by atoms with Crippen molar-refractivity contribution in [2.75, 3.05) is 0 Å². The Bertz CT molecular complexity index is 192. The van der Waals surface area contributed by atoms with Gasteiger partial charge in [-0.25, -0.2) is 0 Å². The fraction of sp³-hybridized carbons (Fsp3) is 0.944. The van der Waals surface area contributed by atoms with Gasteiger partial charge >= 0.3 is 5.97 Å². The first-order chi connectivity index (χ1) is 9.77. The third-order valence-corrected chi connectivity index (χ3v) is 3.99. The molecule has 0 spiro atoms. The molecule has 1 aliphatic rings. The van der Waals surface area contributed by atoms with Crippen LogP contribution in [0.5, 0.6) is 0 Å². The number of aliphatic carboxylic acids is 1. The Morgan fingerprint density at radius 1 is 0.714 bits per heavy atom. The zero-order valence-corrected chi connectivity index (χ0v) is 14.4. The number of hydrogen-bond acceptors (Lipinski definition) is 2. The van der Waals surface area contributed by atoms with Gasteiger partial charge in [-0.15, -0.1) is 0 Å². The summed E-state index contributed by atoms with van der Waals surface area (Å²) in [6.45, 7) is 2.23. The van der Waals surface area contributed by atoms with Crippen LogP contribution in [-0.4, -0.2) is 11.1 Å². The number of unbranched alkanes of at least 4 members (excludes halogenated alkanes) is 8. The fourth-order valence-corrected chi connectivity index (χ4v) is 2.65. The molecule has 0 radical (unpaired) electrons. The van der Waals surface area contributed by atoms with Gasteiger partial charge in [0.2, 0.25) is 0 Å². The number of hydrogen-bond donors (Lipinski definition) is 2. The number of carboxylic acids is 1. The second-order valence-electron chi connectivity index (χ2n) is 6.09. The zero-order chi connectivity index (χ0) is 14.9. The molecule has 0 bridgehead atoms. The summed E-state index contributed by atoms with van der Waals surface area (Å²) in [5, 5.41) is 8.41. The van der Waals surface area contributed by atoms with Gasteiger partial charge in [0.25, 0.3) is 0 Å².